The maximum absolute atomic E-state index is 10.1. The summed E-state index contributed by atoms with van der Waals surface area (Å²) in [5.74, 6) is 0. The zero-order valence-electron chi connectivity index (χ0n) is 28.9. The van der Waals surface area contributed by atoms with Crippen molar-refractivity contribution >= 4 is 43.4 Å². The van der Waals surface area contributed by atoms with Gasteiger partial charge in [0.05, 0.1) is 28.4 Å². The molecule has 0 aliphatic rings. The van der Waals surface area contributed by atoms with Crippen molar-refractivity contribution < 1.29 is 0 Å². The van der Waals surface area contributed by atoms with Crippen molar-refractivity contribution in [2.75, 3.05) is 0 Å². The van der Waals surface area contributed by atoms with Crippen LogP contribution in [0.5, 0.6) is 0 Å². The predicted molar refractivity (Wildman–Crippen MR) is 222 cm³/mol. The fourth-order valence-corrected chi connectivity index (χ4v) is 8.35. The van der Waals surface area contributed by atoms with Crippen LogP contribution in [0.3, 0.4) is 0 Å². The number of benzene rings is 9. The molecule has 2 heteroatoms. The summed E-state index contributed by atoms with van der Waals surface area (Å²) in [4.78, 5) is 0. The minimum absolute atomic E-state index is 0.629. The molecule has 0 N–H and O–H groups in total. The van der Waals surface area contributed by atoms with E-state index in [9.17, 15) is 5.26 Å². The van der Waals surface area contributed by atoms with Crippen LogP contribution in [0.25, 0.3) is 93.5 Å². The number of fused-ring (bicyclic) bond motifs is 5. The van der Waals surface area contributed by atoms with Crippen molar-refractivity contribution in [2.24, 2.45) is 0 Å². The van der Waals surface area contributed by atoms with Gasteiger partial charge >= 0.3 is 0 Å². The molecule has 0 amide bonds. The third kappa shape index (κ3) is 4.94. The summed E-state index contributed by atoms with van der Waals surface area (Å²) in [5.41, 5.74) is 13.2. The zero-order chi connectivity index (χ0) is 35.3. The number of hydrogen-bond donors (Lipinski definition) is 0. The molecule has 246 valence electrons. The number of hydrogen-bond acceptors (Lipinski definition) is 1. The van der Waals surface area contributed by atoms with Gasteiger partial charge in [-0.2, -0.15) is 5.26 Å². The van der Waals surface area contributed by atoms with Crippen LogP contribution in [0.4, 0.5) is 0 Å². The Labute approximate surface area is 308 Å². The van der Waals surface area contributed by atoms with Crippen LogP contribution in [-0.2, 0) is 0 Å². The molecule has 2 nitrogen and oxygen atoms in total. The van der Waals surface area contributed by atoms with Crippen LogP contribution in [0.1, 0.15) is 5.56 Å². The molecule has 0 radical (unpaired) electrons. The summed E-state index contributed by atoms with van der Waals surface area (Å²) >= 11 is 0. The van der Waals surface area contributed by atoms with Gasteiger partial charge in [-0.3, -0.25) is 0 Å². The van der Waals surface area contributed by atoms with Gasteiger partial charge in [0.1, 0.15) is 0 Å². The van der Waals surface area contributed by atoms with E-state index >= 15 is 0 Å². The third-order valence-electron chi connectivity index (χ3n) is 10.6. The minimum Gasteiger partial charge on any atom is -0.309 e. The largest absolute Gasteiger partial charge is 0.309 e. The number of nitriles is 1. The van der Waals surface area contributed by atoms with Crippen molar-refractivity contribution in [1.29, 1.82) is 5.26 Å². The van der Waals surface area contributed by atoms with Gasteiger partial charge in [-0.25, -0.2) is 0 Å². The zero-order valence-corrected chi connectivity index (χ0v) is 28.9. The van der Waals surface area contributed by atoms with Gasteiger partial charge < -0.3 is 4.57 Å². The van der Waals surface area contributed by atoms with Crippen LogP contribution in [-0.4, -0.2) is 4.57 Å². The average Bonchev–Trinajstić information content (AvgIpc) is 3.57. The van der Waals surface area contributed by atoms with Crippen molar-refractivity contribution in [3.8, 4) is 56.3 Å². The number of rotatable bonds is 5. The van der Waals surface area contributed by atoms with Crippen LogP contribution in [0, 0.1) is 11.3 Å². The highest BCUT2D eigenvalue weighted by Crippen LogP contribution is 2.46. The van der Waals surface area contributed by atoms with E-state index in [1.165, 1.54) is 60.1 Å². The molecule has 0 aliphatic carbocycles. The van der Waals surface area contributed by atoms with Crippen molar-refractivity contribution in [1.82, 2.24) is 4.57 Å². The molecule has 0 saturated heterocycles. The number of para-hydroxylation sites is 2. The van der Waals surface area contributed by atoms with Gasteiger partial charge in [-0.1, -0.05) is 164 Å². The molecular weight excluding hydrogens is 641 g/mol. The lowest BCUT2D eigenvalue weighted by Gasteiger charge is -2.20. The smallest absolute Gasteiger partial charge is 0.0992 e. The first-order valence-corrected chi connectivity index (χ1v) is 18.0. The lowest BCUT2D eigenvalue weighted by atomic mass is 9.83. The summed E-state index contributed by atoms with van der Waals surface area (Å²) in [6.45, 7) is 0. The SMILES string of the molecule is N#Cc1ccc(-c2cccc(-c3ccccc3-c3c4ccccc4c(-c4ccccc4)c4ccccc34)c2)c(-n2c3ccccc3c3ccccc32)c1. The molecule has 9 aromatic carbocycles. The molecule has 0 bridgehead atoms. The molecular formula is C51H32N2. The fourth-order valence-electron chi connectivity index (χ4n) is 8.35. The van der Waals surface area contributed by atoms with Crippen molar-refractivity contribution in [2.45, 2.75) is 0 Å². The Morgan fingerprint density at radius 1 is 0.340 bits per heavy atom. The molecule has 1 aromatic heterocycles. The molecule has 0 atom stereocenters. The highest BCUT2D eigenvalue weighted by Gasteiger charge is 2.20. The average molecular weight is 673 g/mol. The maximum Gasteiger partial charge on any atom is 0.0992 e. The first-order valence-electron chi connectivity index (χ1n) is 18.0. The van der Waals surface area contributed by atoms with Crippen LogP contribution in [0.2, 0.25) is 0 Å². The molecule has 1 heterocycles. The molecule has 53 heavy (non-hydrogen) atoms. The topological polar surface area (TPSA) is 28.7 Å². The number of aromatic nitrogens is 1. The summed E-state index contributed by atoms with van der Waals surface area (Å²) in [6, 6.07) is 71.6. The van der Waals surface area contributed by atoms with Gasteiger partial charge in [0.25, 0.3) is 0 Å². The Hall–Kier alpha value is -7.21. The molecule has 0 saturated carbocycles. The first-order chi connectivity index (χ1) is 26.3. The lowest BCUT2D eigenvalue weighted by Crippen LogP contribution is -1.98. The van der Waals surface area contributed by atoms with Gasteiger partial charge in [-0.05, 0) is 90.8 Å². The Kier molecular flexibility index (Phi) is 7.23. The normalized spacial score (nSPS) is 11.4. The monoisotopic (exact) mass is 672 g/mol. The quantitative estimate of drug-likeness (QED) is 0.167. The summed E-state index contributed by atoms with van der Waals surface area (Å²) in [7, 11) is 0. The fraction of sp³-hybridized carbons (Fsp3) is 0. The van der Waals surface area contributed by atoms with Gasteiger partial charge in [-0.15, -0.1) is 0 Å². The summed E-state index contributed by atoms with van der Waals surface area (Å²) in [6.07, 6.45) is 0. The van der Waals surface area contributed by atoms with E-state index in [-0.39, 0.29) is 0 Å². The third-order valence-corrected chi connectivity index (χ3v) is 10.6. The standard InChI is InChI=1S/C51H32N2/c52-33-34-29-30-39(49(31-34)53-47-27-12-10-20-40(47)41-21-11-13-28-48(41)53)37-18-14-17-36(32-37)38-19-4-5-22-42(38)51-45-25-8-6-23-43(45)50(35-15-2-1-3-16-35)44-24-7-9-26-46(44)51/h1-32H. The van der Waals surface area contributed by atoms with E-state index < -0.39 is 0 Å². The van der Waals surface area contributed by atoms with Gasteiger partial charge in [0, 0.05) is 16.3 Å². The van der Waals surface area contributed by atoms with Crippen molar-refractivity contribution in [3.63, 3.8) is 0 Å². The maximum atomic E-state index is 10.1. The lowest BCUT2D eigenvalue weighted by molar-refractivity contribution is 1.18. The Morgan fingerprint density at radius 2 is 0.811 bits per heavy atom. The Bertz CT molecular complexity index is 2960. The Balaban J connectivity index is 1.20. The summed E-state index contributed by atoms with van der Waals surface area (Å²) < 4.78 is 2.31. The number of nitrogens with zero attached hydrogens (tertiary/aromatic N) is 2. The highest BCUT2D eigenvalue weighted by atomic mass is 15.0. The summed E-state index contributed by atoms with van der Waals surface area (Å²) in [5, 5.41) is 17.4. The van der Waals surface area contributed by atoms with Gasteiger partial charge in [0.15, 0.2) is 0 Å². The van der Waals surface area contributed by atoms with Gasteiger partial charge in [0.2, 0.25) is 0 Å². The minimum atomic E-state index is 0.629. The second-order valence-electron chi connectivity index (χ2n) is 13.5. The van der Waals surface area contributed by atoms with E-state index in [0.29, 0.717) is 5.56 Å². The van der Waals surface area contributed by atoms with Crippen molar-refractivity contribution in [3.05, 3.63) is 200 Å². The molecule has 10 rings (SSSR count). The van der Waals surface area contributed by atoms with Crippen LogP contribution >= 0.6 is 0 Å². The molecule has 0 spiro atoms. The van der Waals surface area contributed by atoms with Crippen LogP contribution < -0.4 is 0 Å². The molecule has 10 aromatic rings. The molecule has 0 fully saturated rings. The predicted octanol–water partition coefficient (Wildman–Crippen LogP) is 13.6. The second-order valence-corrected chi connectivity index (χ2v) is 13.5. The van der Waals surface area contributed by atoms with E-state index in [2.05, 4.69) is 193 Å². The second kappa shape index (κ2) is 12.5. The Morgan fingerprint density at radius 3 is 1.42 bits per heavy atom. The van der Waals surface area contributed by atoms with E-state index in [4.69, 9.17) is 0 Å². The molecule has 0 aliphatic heterocycles. The molecule has 0 unspecified atom stereocenters. The van der Waals surface area contributed by atoms with E-state index in [1.54, 1.807) is 0 Å². The van der Waals surface area contributed by atoms with E-state index in [0.717, 1.165) is 33.4 Å². The highest BCUT2D eigenvalue weighted by molar-refractivity contribution is 6.22. The van der Waals surface area contributed by atoms with Crippen LogP contribution in [0.15, 0.2) is 194 Å². The first kappa shape index (κ1) is 30.6. The van der Waals surface area contributed by atoms with E-state index in [1.807, 2.05) is 12.1 Å².